The highest BCUT2D eigenvalue weighted by molar-refractivity contribution is 6.01. The van der Waals surface area contributed by atoms with Crippen LogP contribution in [0.1, 0.15) is 140 Å². The lowest BCUT2D eigenvalue weighted by atomic mass is 9.41. The van der Waals surface area contributed by atoms with E-state index in [1.165, 1.54) is 0 Å². The number of hydrogen-bond donors (Lipinski definition) is 3. The Balaban J connectivity index is 2.96. The zero-order valence-electron chi connectivity index (χ0n) is 33.8. The predicted octanol–water partition coefficient (Wildman–Crippen LogP) is 8.92. The molecule has 0 amide bonds. The Labute approximate surface area is 297 Å². The molecule has 2 heterocycles. The van der Waals surface area contributed by atoms with Crippen molar-refractivity contribution in [3.05, 3.63) is 53.1 Å². The van der Waals surface area contributed by atoms with Gasteiger partial charge in [-0.3, -0.25) is 19.4 Å². The molecule has 1 aromatic rings. The topological polar surface area (TPSA) is 101 Å². The van der Waals surface area contributed by atoms with Crippen molar-refractivity contribution in [3.8, 4) is 5.75 Å². The highest BCUT2D eigenvalue weighted by atomic mass is 16.4. The number of hydrogen-bond acceptors (Lipinski definition) is 5. The lowest BCUT2D eigenvalue weighted by Gasteiger charge is -2.66. The first-order chi connectivity index (χ1) is 21.9. The van der Waals surface area contributed by atoms with Crippen molar-refractivity contribution >= 4 is 11.9 Å². The van der Waals surface area contributed by atoms with Crippen molar-refractivity contribution in [2.24, 2.45) is 17.3 Å². The van der Waals surface area contributed by atoms with E-state index >= 15 is 0 Å². The fourth-order valence-electron chi connectivity index (χ4n) is 9.23. The molecule has 2 atom stereocenters. The van der Waals surface area contributed by atoms with E-state index in [-0.39, 0.29) is 17.6 Å². The van der Waals surface area contributed by atoms with E-state index in [2.05, 4.69) is 110 Å². The number of likely N-dealkylation sites (N-methyl/N-ethyl adjacent to an activating group) is 2. The summed E-state index contributed by atoms with van der Waals surface area (Å²) in [6.07, 6.45) is 9.31. The summed E-state index contributed by atoms with van der Waals surface area (Å²) in [5.41, 5.74) is -5.26. The first kappa shape index (κ1) is 40.8. The van der Waals surface area contributed by atoms with E-state index in [1.807, 2.05) is 53.9 Å². The molecule has 7 nitrogen and oxygen atoms in total. The van der Waals surface area contributed by atoms with Crippen LogP contribution in [0.5, 0.6) is 5.75 Å². The van der Waals surface area contributed by atoms with E-state index in [0.29, 0.717) is 24.0 Å². The molecular weight excluding hydrogens is 612 g/mol. The zero-order chi connectivity index (χ0) is 38.1. The van der Waals surface area contributed by atoms with Crippen molar-refractivity contribution in [3.63, 3.8) is 0 Å². The summed E-state index contributed by atoms with van der Waals surface area (Å²) in [6.45, 7) is 31.3. The minimum absolute atomic E-state index is 0.0164. The molecule has 49 heavy (non-hydrogen) atoms. The summed E-state index contributed by atoms with van der Waals surface area (Å²) in [5, 5.41) is 36.4. The Morgan fingerprint density at radius 2 is 1.10 bits per heavy atom. The predicted molar refractivity (Wildman–Crippen MR) is 202 cm³/mol. The highest BCUT2D eigenvalue weighted by Gasteiger charge is 2.74. The molecule has 0 saturated carbocycles. The van der Waals surface area contributed by atoms with Gasteiger partial charge in [-0.25, -0.2) is 0 Å². The molecule has 0 fully saturated rings. The molecule has 2 aliphatic rings. The van der Waals surface area contributed by atoms with Gasteiger partial charge in [0.15, 0.2) is 5.41 Å². The Morgan fingerprint density at radius 1 is 0.714 bits per heavy atom. The average Bonchev–Trinajstić information content (AvgIpc) is 2.93. The fraction of sp³-hybridized carbons (Fsp3) is 0.714. The smallest absolute Gasteiger partial charge is 0.322 e. The van der Waals surface area contributed by atoms with Gasteiger partial charge in [0.2, 0.25) is 0 Å². The van der Waals surface area contributed by atoms with Gasteiger partial charge < -0.3 is 15.3 Å². The molecule has 0 radical (unpaired) electrons. The van der Waals surface area contributed by atoms with Crippen LogP contribution in [-0.2, 0) is 25.8 Å². The number of carbonyl (C=O) groups is 2. The van der Waals surface area contributed by atoms with Crippen LogP contribution in [-0.4, -0.2) is 73.3 Å². The average molecular weight is 681 g/mol. The third kappa shape index (κ3) is 6.19. The number of carboxylic acid groups (broad SMARTS) is 2. The largest absolute Gasteiger partial charge is 0.507 e. The monoisotopic (exact) mass is 681 g/mol. The molecular formula is C42H68N2O5. The number of benzene rings is 1. The van der Waals surface area contributed by atoms with Crippen LogP contribution in [0, 0.1) is 17.3 Å². The second-order valence-electron chi connectivity index (χ2n) is 19.3. The Morgan fingerprint density at radius 3 is 1.43 bits per heavy atom. The Bertz CT molecular complexity index is 1440. The second-order valence-corrected chi connectivity index (χ2v) is 19.3. The van der Waals surface area contributed by atoms with Crippen molar-refractivity contribution in [1.82, 2.24) is 9.80 Å². The van der Waals surface area contributed by atoms with Gasteiger partial charge in [-0.05, 0) is 97.9 Å². The minimum Gasteiger partial charge on any atom is -0.507 e. The Kier molecular flexibility index (Phi) is 10.4. The normalized spacial score (nSPS) is 25.2. The van der Waals surface area contributed by atoms with Crippen molar-refractivity contribution in [1.29, 1.82) is 0 Å². The molecule has 0 aliphatic carbocycles. The first-order valence-electron chi connectivity index (χ1n) is 18.1. The lowest BCUT2D eigenvalue weighted by molar-refractivity contribution is -0.185. The summed E-state index contributed by atoms with van der Waals surface area (Å²) in [7, 11) is 4.08. The molecule has 2 aliphatic heterocycles. The van der Waals surface area contributed by atoms with Crippen LogP contribution in [0.25, 0.3) is 0 Å². The van der Waals surface area contributed by atoms with Crippen LogP contribution < -0.4 is 0 Å². The zero-order valence-corrected chi connectivity index (χ0v) is 33.8. The van der Waals surface area contributed by atoms with Gasteiger partial charge >= 0.3 is 11.9 Å². The molecule has 7 heteroatoms. The van der Waals surface area contributed by atoms with Crippen LogP contribution in [0.2, 0.25) is 0 Å². The third-order valence-corrected chi connectivity index (χ3v) is 12.9. The van der Waals surface area contributed by atoms with Gasteiger partial charge in [0, 0.05) is 45.0 Å². The standard InChI is InChI=1S/C42H68N2O5/c1-18-19-22-41(33(46)47,34(48)49)42(30-20-23-37(8,9)43(16)39(30,12)13,31-21-24-38(10,11)44(17)40(31,14)15)29-26-27(35(2,3)4)25-28(32(29)45)36(5,6)7/h20-21,23-26,30-31,45H,18-19,22H2,1-17H3,(H,46,47)(H,48,49). The Hall–Kier alpha value is -2.64. The number of unbranched alkanes of at least 4 members (excludes halogenated alkanes) is 1. The minimum atomic E-state index is -2.34. The summed E-state index contributed by atoms with van der Waals surface area (Å²) < 4.78 is 0. The number of phenols is 1. The van der Waals surface area contributed by atoms with Gasteiger partial charge in [-0.2, -0.15) is 0 Å². The van der Waals surface area contributed by atoms with Crippen molar-refractivity contribution in [2.75, 3.05) is 14.1 Å². The fourth-order valence-corrected chi connectivity index (χ4v) is 9.23. The molecule has 0 saturated heterocycles. The maximum absolute atomic E-state index is 14.5. The second kappa shape index (κ2) is 12.5. The first-order valence-corrected chi connectivity index (χ1v) is 18.1. The third-order valence-electron chi connectivity index (χ3n) is 12.9. The van der Waals surface area contributed by atoms with Crippen LogP contribution in [0.15, 0.2) is 36.4 Å². The SMILES string of the molecule is CCCCC(C(=O)O)(C(=O)O)C(c1cc(C(C)(C)C)cc(C(C)(C)C)c1O)(C1C=CC(C)(C)N(C)C1(C)C)C1C=CC(C)(C)N(C)C1(C)C. The number of rotatable bonds is 9. The van der Waals surface area contributed by atoms with Crippen molar-refractivity contribution in [2.45, 2.75) is 162 Å². The maximum Gasteiger partial charge on any atom is 0.322 e. The summed E-state index contributed by atoms with van der Waals surface area (Å²) in [6, 6.07) is 4.00. The molecule has 0 spiro atoms. The van der Waals surface area contributed by atoms with E-state index in [0.717, 1.165) is 5.56 Å². The van der Waals surface area contributed by atoms with Crippen LogP contribution in [0.4, 0.5) is 0 Å². The van der Waals surface area contributed by atoms with Gasteiger partial charge in [0.1, 0.15) is 5.75 Å². The summed E-state index contributed by atoms with van der Waals surface area (Å²) in [4.78, 5) is 33.4. The number of phenolic OH excluding ortho intramolecular Hbond substituents is 1. The molecule has 3 N–H and O–H groups in total. The number of aromatic hydroxyl groups is 1. The van der Waals surface area contributed by atoms with E-state index in [1.54, 1.807) is 0 Å². The van der Waals surface area contributed by atoms with Crippen molar-refractivity contribution < 1.29 is 24.9 Å². The molecule has 276 valence electrons. The van der Waals surface area contributed by atoms with Crippen LogP contribution in [0.3, 0.4) is 0 Å². The lowest BCUT2D eigenvalue weighted by Crippen LogP contribution is -2.74. The quantitative estimate of drug-likeness (QED) is 0.177. The highest BCUT2D eigenvalue weighted by Crippen LogP contribution is 2.66. The molecule has 1 aromatic carbocycles. The molecule has 3 rings (SSSR count). The van der Waals surface area contributed by atoms with Gasteiger partial charge in [0.05, 0.1) is 0 Å². The van der Waals surface area contributed by atoms with Crippen LogP contribution >= 0.6 is 0 Å². The molecule has 0 aromatic heterocycles. The summed E-state index contributed by atoms with van der Waals surface area (Å²) in [5.74, 6) is -4.10. The number of nitrogens with zero attached hydrogens (tertiary/aromatic N) is 2. The van der Waals surface area contributed by atoms with E-state index in [4.69, 9.17) is 0 Å². The molecule has 2 unspecified atom stereocenters. The van der Waals surface area contributed by atoms with E-state index in [9.17, 15) is 24.9 Å². The van der Waals surface area contributed by atoms with Gasteiger partial charge in [0.25, 0.3) is 0 Å². The van der Waals surface area contributed by atoms with Gasteiger partial charge in [-0.15, -0.1) is 0 Å². The van der Waals surface area contributed by atoms with E-state index < -0.39 is 62.2 Å². The van der Waals surface area contributed by atoms with Gasteiger partial charge in [-0.1, -0.05) is 97.7 Å². The maximum atomic E-state index is 14.5. The number of aliphatic carboxylic acids is 2. The number of carboxylic acids is 2. The summed E-state index contributed by atoms with van der Waals surface area (Å²) >= 11 is 0. The molecule has 0 bridgehead atoms.